The Morgan fingerprint density at radius 1 is 1.32 bits per heavy atom. The molecule has 0 bridgehead atoms. The summed E-state index contributed by atoms with van der Waals surface area (Å²) in [6.07, 6.45) is 3.73. The summed E-state index contributed by atoms with van der Waals surface area (Å²) >= 11 is 0. The van der Waals surface area contributed by atoms with E-state index < -0.39 is 0 Å². The first-order valence-electron chi connectivity index (χ1n) is 7.27. The van der Waals surface area contributed by atoms with Gasteiger partial charge in [0.2, 0.25) is 0 Å². The quantitative estimate of drug-likeness (QED) is 0.928. The molecule has 0 aliphatic carbocycles. The molecule has 22 heavy (non-hydrogen) atoms. The van der Waals surface area contributed by atoms with Crippen LogP contribution in [0.2, 0.25) is 0 Å². The molecule has 1 aliphatic heterocycles. The zero-order valence-electron chi connectivity index (χ0n) is 13.0. The van der Waals surface area contributed by atoms with E-state index in [2.05, 4.69) is 22.2 Å². The van der Waals surface area contributed by atoms with Crippen LogP contribution in [0.3, 0.4) is 0 Å². The molecule has 0 aromatic carbocycles. The second-order valence-corrected chi connectivity index (χ2v) is 5.81. The predicted octanol–water partition coefficient (Wildman–Crippen LogP) is 1.53. The lowest BCUT2D eigenvalue weighted by molar-refractivity contribution is 0.0386. The summed E-state index contributed by atoms with van der Waals surface area (Å²) < 4.78 is 7.35. The monoisotopic (exact) mass is 300 g/mol. The lowest BCUT2D eigenvalue weighted by Gasteiger charge is -2.35. The van der Waals surface area contributed by atoms with Gasteiger partial charge in [0.05, 0.1) is 6.20 Å². The molecule has 2 aromatic rings. The Balaban J connectivity index is 1.70. The minimum absolute atomic E-state index is 0.0785. The number of anilines is 2. The first-order valence-corrected chi connectivity index (χ1v) is 7.27. The third-order valence-corrected chi connectivity index (χ3v) is 3.65. The van der Waals surface area contributed by atoms with E-state index in [1.54, 1.807) is 24.0 Å². The maximum Gasteiger partial charge on any atom is 0.274 e. The number of hydrogen-bond acceptors (Lipinski definition) is 5. The highest BCUT2D eigenvalue weighted by atomic mass is 16.5. The number of likely N-dealkylation sites (N-methyl/N-ethyl adjacent to an activating group) is 1. The van der Waals surface area contributed by atoms with Gasteiger partial charge in [0.15, 0.2) is 0 Å². The fourth-order valence-electron chi connectivity index (χ4n) is 2.54. The highest BCUT2D eigenvalue weighted by molar-refractivity contribution is 5.56. The van der Waals surface area contributed by atoms with Crippen molar-refractivity contribution >= 4 is 11.5 Å². The zero-order valence-corrected chi connectivity index (χ0v) is 13.0. The number of likely N-dealkylation sites (tertiary alicyclic amines) is 1. The fourth-order valence-corrected chi connectivity index (χ4v) is 2.54. The van der Waals surface area contributed by atoms with Crippen LogP contribution in [0.25, 0.3) is 0 Å². The van der Waals surface area contributed by atoms with Gasteiger partial charge >= 0.3 is 0 Å². The third kappa shape index (κ3) is 3.12. The van der Waals surface area contributed by atoms with Crippen molar-refractivity contribution in [3.8, 4) is 5.75 Å². The van der Waals surface area contributed by atoms with Crippen LogP contribution in [0.5, 0.6) is 5.75 Å². The van der Waals surface area contributed by atoms with Gasteiger partial charge in [-0.15, -0.1) is 0 Å². The van der Waals surface area contributed by atoms with Gasteiger partial charge in [-0.2, -0.15) is 0 Å². The molecule has 0 unspecified atom stereocenters. The Bertz CT molecular complexity index is 718. The molecule has 1 aliphatic rings. The van der Waals surface area contributed by atoms with Gasteiger partial charge in [-0.05, 0) is 37.7 Å². The summed E-state index contributed by atoms with van der Waals surface area (Å²) in [5.74, 6) is 1.38. The molecule has 0 atom stereocenters. The highest BCUT2D eigenvalue weighted by Gasteiger charge is 2.24. The number of hydrogen-bond donors (Lipinski definition) is 1. The topological polar surface area (TPSA) is 59.4 Å². The summed E-state index contributed by atoms with van der Waals surface area (Å²) in [5.41, 5.74) is 1.45. The number of nitrogens with one attached hydrogen (secondary N) is 1. The second-order valence-electron chi connectivity index (χ2n) is 5.81. The molecule has 1 saturated heterocycles. The molecular formula is C16H20N4O2. The second kappa shape index (κ2) is 5.81. The van der Waals surface area contributed by atoms with Crippen LogP contribution >= 0.6 is 0 Å². The van der Waals surface area contributed by atoms with E-state index in [4.69, 9.17) is 4.74 Å². The molecule has 2 aromatic heterocycles. The Labute approximate surface area is 129 Å². The molecule has 116 valence electrons. The molecule has 3 rings (SSSR count). The maximum atomic E-state index is 12.1. The summed E-state index contributed by atoms with van der Waals surface area (Å²) in [6.45, 7) is 3.84. The van der Waals surface area contributed by atoms with Crippen molar-refractivity contribution in [2.45, 2.75) is 13.0 Å². The Kier molecular flexibility index (Phi) is 3.85. The van der Waals surface area contributed by atoms with Gasteiger partial charge in [-0.3, -0.25) is 9.69 Å². The lowest BCUT2D eigenvalue weighted by Crippen LogP contribution is -2.51. The lowest BCUT2D eigenvalue weighted by atomic mass is 10.2. The Morgan fingerprint density at radius 3 is 2.73 bits per heavy atom. The van der Waals surface area contributed by atoms with E-state index in [9.17, 15) is 4.79 Å². The van der Waals surface area contributed by atoms with Gasteiger partial charge in [-0.1, -0.05) is 0 Å². The number of pyridine rings is 2. The van der Waals surface area contributed by atoms with Crippen molar-refractivity contribution < 1.29 is 4.74 Å². The van der Waals surface area contributed by atoms with Crippen LogP contribution in [-0.4, -0.2) is 40.7 Å². The van der Waals surface area contributed by atoms with Gasteiger partial charge in [0, 0.05) is 26.3 Å². The van der Waals surface area contributed by atoms with E-state index >= 15 is 0 Å². The van der Waals surface area contributed by atoms with Crippen molar-refractivity contribution in [3.05, 3.63) is 46.5 Å². The van der Waals surface area contributed by atoms with Gasteiger partial charge < -0.3 is 14.6 Å². The first kappa shape index (κ1) is 14.6. The summed E-state index contributed by atoms with van der Waals surface area (Å²) in [6, 6.07) is 5.51. The molecule has 0 saturated carbocycles. The number of aromatic nitrogens is 2. The molecule has 1 N–H and O–H groups in total. The maximum absolute atomic E-state index is 12.1. The number of aryl methyl sites for hydroxylation is 2. The van der Waals surface area contributed by atoms with Crippen LogP contribution in [0, 0.1) is 6.92 Å². The zero-order chi connectivity index (χ0) is 15.7. The van der Waals surface area contributed by atoms with Crippen molar-refractivity contribution in [2.24, 2.45) is 7.05 Å². The first-order chi connectivity index (χ1) is 10.5. The standard InChI is InChI=1S/C16H20N4O2/c1-11-6-14(16(21)20(3)8-11)18-15-5-4-12(7-17-15)22-13-9-19(2)10-13/h4-8,13H,9-10H2,1-3H3,(H,17,18). The third-order valence-electron chi connectivity index (χ3n) is 3.65. The fraction of sp³-hybridized carbons (Fsp3) is 0.375. The van der Waals surface area contributed by atoms with Crippen molar-refractivity contribution in [1.29, 1.82) is 0 Å². The Hall–Kier alpha value is -2.34. The van der Waals surface area contributed by atoms with Crippen molar-refractivity contribution in [3.63, 3.8) is 0 Å². The predicted molar refractivity (Wildman–Crippen MR) is 85.9 cm³/mol. The molecular weight excluding hydrogens is 280 g/mol. The number of rotatable bonds is 4. The van der Waals surface area contributed by atoms with E-state index in [-0.39, 0.29) is 11.7 Å². The molecule has 0 radical (unpaired) electrons. The molecule has 6 heteroatoms. The molecule has 3 heterocycles. The highest BCUT2D eigenvalue weighted by Crippen LogP contribution is 2.19. The smallest absolute Gasteiger partial charge is 0.274 e. The van der Waals surface area contributed by atoms with Gasteiger partial charge in [-0.25, -0.2) is 4.98 Å². The molecule has 6 nitrogen and oxygen atoms in total. The van der Waals surface area contributed by atoms with Crippen LogP contribution in [-0.2, 0) is 7.05 Å². The summed E-state index contributed by atoms with van der Waals surface area (Å²) in [7, 11) is 3.80. The van der Waals surface area contributed by atoms with E-state index in [0.29, 0.717) is 11.5 Å². The van der Waals surface area contributed by atoms with Crippen LogP contribution in [0.4, 0.5) is 11.5 Å². The van der Waals surface area contributed by atoms with Crippen LogP contribution in [0.15, 0.2) is 35.4 Å². The molecule has 0 spiro atoms. The summed E-state index contributed by atoms with van der Waals surface area (Å²) in [5, 5.41) is 3.06. The van der Waals surface area contributed by atoms with Crippen molar-refractivity contribution in [1.82, 2.24) is 14.5 Å². The van der Waals surface area contributed by atoms with E-state index in [0.717, 1.165) is 24.4 Å². The molecule has 1 fully saturated rings. The SMILES string of the molecule is Cc1cc(Nc2ccc(OC3CN(C)C3)cn2)c(=O)n(C)c1. The minimum Gasteiger partial charge on any atom is -0.486 e. The van der Waals surface area contributed by atoms with Crippen LogP contribution in [0.1, 0.15) is 5.56 Å². The average molecular weight is 300 g/mol. The van der Waals surface area contributed by atoms with E-state index in [1.165, 1.54) is 0 Å². The van der Waals surface area contributed by atoms with Gasteiger partial charge in [0.1, 0.15) is 23.4 Å². The molecule has 0 amide bonds. The average Bonchev–Trinajstić information content (AvgIpc) is 2.44. The Morgan fingerprint density at radius 2 is 2.09 bits per heavy atom. The normalized spacial score (nSPS) is 15.4. The number of nitrogens with zero attached hydrogens (tertiary/aromatic N) is 3. The van der Waals surface area contributed by atoms with Crippen molar-refractivity contribution in [2.75, 3.05) is 25.5 Å². The largest absolute Gasteiger partial charge is 0.486 e. The number of ether oxygens (including phenoxy) is 1. The van der Waals surface area contributed by atoms with E-state index in [1.807, 2.05) is 25.1 Å². The van der Waals surface area contributed by atoms with Gasteiger partial charge in [0.25, 0.3) is 5.56 Å². The van der Waals surface area contributed by atoms with Crippen LogP contribution < -0.4 is 15.6 Å². The summed E-state index contributed by atoms with van der Waals surface area (Å²) in [4.78, 5) is 18.6. The minimum atomic E-state index is -0.0785.